The van der Waals surface area contributed by atoms with Gasteiger partial charge in [-0.15, -0.1) is 0 Å². The van der Waals surface area contributed by atoms with Gasteiger partial charge in [-0.1, -0.05) is 36.9 Å². The maximum absolute atomic E-state index is 11.9. The lowest BCUT2D eigenvalue weighted by Gasteiger charge is -2.20. The zero-order valence-corrected chi connectivity index (χ0v) is 13.1. The van der Waals surface area contributed by atoms with Crippen LogP contribution in [0.15, 0.2) is 30.8 Å². The molecule has 1 aliphatic heterocycles. The van der Waals surface area contributed by atoms with E-state index in [-0.39, 0.29) is 26.2 Å². The number of hydrogen-bond acceptors (Lipinski definition) is 6. The van der Waals surface area contributed by atoms with Crippen molar-refractivity contribution < 1.29 is 29.0 Å². The fraction of sp³-hybridized carbons (Fsp3) is 0.353. The maximum atomic E-state index is 11.9. The van der Waals surface area contributed by atoms with Gasteiger partial charge in [0.25, 0.3) is 0 Å². The monoisotopic (exact) mass is 333 g/mol. The third kappa shape index (κ3) is 5.20. The highest BCUT2D eigenvalue weighted by atomic mass is 16.6. The number of carbonyl (C=O) groups is 3. The standard InChI is InChI=1S/C17H19NO6/c1-2-12-3-5-13(6-4-12)9-18(10-15(19)20)11-16(21)24-14-7-8-23-17(14)22/h2-6,14H,1,7-11H2,(H,19,20). The fourth-order valence-electron chi connectivity index (χ4n) is 2.34. The van der Waals surface area contributed by atoms with Crippen LogP contribution in [0, 0.1) is 0 Å². The van der Waals surface area contributed by atoms with E-state index in [0.29, 0.717) is 6.42 Å². The van der Waals surface area contributed by atoms with Gasteiger partial charge in [0.1, 0.15) is 0 Å². The van der Waals surface area contributed by atoms with Crippen LogP contribution in [-0.4, -0.2) is 53.7 Å². The summed E-state index contributed by atoms with van der Waals surface area (Å²) < 4.78 is 9.77. The SMILES string of the molecule is C=Cc1ccc(CN(CC(=O)O)CC(=O)OC2CCOC2=O)cc1. The highest BCUT2D eigenvalue weighted by molar-refractivity contribution is 5.81. The molecule has 24 heavy (non-hydrogen) atoms. The smallest absolute Gasteiger partial charge is 0.347 e. The number of carbonyl (C=O) groups excluding carboxylic acids is 2. The molecule has 0 spiro atoms. The summed E-state index contributed by atoms with van der Waals surface area (Å²) in [4.78, 5) is 35.7. The van der Waals surface area contributed by atoms with E-state index in [1.54, 1.807) is 6.08 Å². The Balaban J connectivity index is 1.96. The van der Waals surface area contributed by atoms with Crippen molar-refractivity contribution in [1.29, 1.82) is 0 Å². The van der Waals surface area contributed by atoms with Crippen molar-refractivity contribution in [1.82, 2.24) is 4.90 Å². The number of cyclic esters (lactones) is 1. The van der Waals surface area contributed by atoms with Crippen LogP contribution in [0.25, 0.3) is 6.08 Å². The van der Waals surface area contributed by atoms with E-state index in [2.05, 4.69) is 6.58 Å². The number of hydrogen-bond donors (Lipinski definition) is 1. The number of benzene rings is 1. The molecule has 0 aliphatic carbocycles. The number of carboxylic acid groups (broad SMARTS) is 1. The lowest BCUT2D eigenvalue weighted by atomic mass is 10.1. The summed E-state index contributed by atoms with van der Waals surface area (Å²) in [7, 11) is 0. The summed E-state index contributed by atoms with van der Waals surface area (Å²) in [5, 5.41) is 9.00. The van der Waals surface area contributed by atoms with Gasteiger partial charge in [-0.2, -0.15) is 0 Å². The van der Waals surface area contributed by atoms with Gasteiger partial charge >= 0.3 is 17.9 Å². The van der Waals surface area contributed by atoms with Crippen molar-refractivity contribution in [3.05, 3.63) is 42.0 Å². The molecule has 1 aromatic rings. The van der Waals surface area contributed by atoms with E-state index in [1.807, 2.05) is 24.3 Å². The molecule has 1 saturated heterocycles. The number of carboxylic acids is 1. The average Bonchev–Trinajstić information content (AvgIpc) is 2.92. The highest BCUT2D eigenvalue weighted by Gasteiger charge is 2.30. The van der Waals surface area contributed by atoms with Crippen LogP contribution in [0.1, 0.15) is 17.5 Å². The molecule has 1 atom stereocenters. The van der Waals surface area contributed by atoms with Gasteiger partial charge < -0.3 is 14.6 Å². The largest absolute Gasteiger partial charge is 0.480 e. The Morgan fingerprint density at radius 1 is 1.33 bits per heavy atom. The topological polar surface area (TPSA) is 93.1 Å². The predicted molar refractivity (Wildman–Crippen MR) is 84.9 cm³/mol. The zero-order chi connectivity index (χ0) is 17.5. The van der Waals surface area contributed by atoms with E-state index in [1.165, 1.54) is 4.90 Å². The molecule has 1 aliphatic rings. The summed E-state index contributed by atoms with van der Waals surface area (Å²) in [5.41, 5.74) is 1.80. The van der Waals surface area contributed by atoms with Crippen LogP contribution < -0.4 is 0 Å². The van der Waals surface area contributed by atoms with Crippen LogP contribution in [0.2, 0.25) is 0 Å². The highest BCUT2D eigenvalue weighted by Crippen LogP contribution is 2.12. The molecule has 7 nitrogen and oxygen atoms in total. The molecule has 128 valence electrons. The molecule has 0 amide bonds. The van der Waals surface area contributed by atoms with Gasteiger partial charge in [-0.25, -0.2) is 4.79 Å². The molecule has 1 fully saturated rings. The Bertz CT molecular complexity index is 624. The lowest BCUT2D eigenvalue weighted by Crippen LogP contribution is -2.36. The maximum Gasteiger partial charge on any atom is 0.347 e. The first-order chi connectivity index (χ1) is 11.5. The molecule has 7 heteroatoms. The number of rotatable bonds is 8. The van der Waals surface area contributed by atoms with Gasteiger partial charge in [0.15, 0.2) is 0 Å². The minimum Gasteiger partial charge on any atom is -0.480 e. The van der Waals surface area contributed by atoms with Gasteiger partial charge in [0.2, 0.25) is 6.10 Å². The number of nitrogens with zero attached hydrogens (tertiary/aromatic N) is 1. The lowest BCUT2D eigenvalue weighted by molar-refractivity contribution is -0.161. The quantitative estimate of drug-likeness (QED) is 0.711. The van der Waals surface area contributed by atoms with Gasteiger partial charge in [0.05, 0.1) is 19.7 Å². The predicted octanol–water partition coefficient (Wildman–Crippen LogP) is 1.07. The molecular weight excluding hydrogens is 314 g/mol. The van der Waals surface area contributed by atoms with Gasteiger partial charge in [-0.05, 0) is 11.1 Å². The Morgan fingerprint density at radius 3 is 2.58 bits per heavy atom. The molecule has 0 radical (unpaired) electrons. The van der Waals surface area contributed by atoms with Crippen molar-refractivity contribution in [3.8, 4) is 0 Å². The Hall–Kier alpha value is -2.67. The summed E-state index contributed by atoms with van der Waals surface area (Å²) in [5.74, 6) is -2.26. The van der Waals surface area contributed by atoms with E-state index in [4.69, 9.17) is 14.6 Å². The first kappa shape index (κ1) is 17.7. The van der Waals surface area contributed by atoms with Gasteiger partial charge in [-0.3, -0.25) is 14.5 Å². The van der Waals surface area contributed by atoms with Crippen LogP contribution in [0.4, 0.5) is 0 Å². The molecular formula is C17H19NO6. The van der Waals surface area contributed by atoms with E-state index < -0.39 is 24.0 Å². The number of esters is 2. The molecule has 0 aromatic heterocycles. The fourth-order valence-corrected chi connectivity index (χ4v) is 2.34. The Morgan fingerprint density at radius 2 is 2.04 bits per heavy atom. The third-order valence-electron chi connectivity index (χ3n) is 3.49. The van der Waals surface area contributed by atoms with Crippen molar-refractivity contribution in [2.45, 2.75) is 19.1 Å². The molecule has 1 heterocycles. The molecule has 1 aromatic carbocycles. The minimum atomic E-state index is -1.05. The second-order valence-electron chi connectivity index (χ2n) is 5.42. The van der Waals surface area contributed by atoms with Crippen LogP contribution >= 0.6 is 0 Å². The van der Waals surface area contributed by atoms with Gasteiger partial charge in [0, 0.05) is 13.0 Å². The van der Waals surface area contributed by atoms with E-state index >= 15 is 0 Å². The average molecular weight is 333 g/mol. The van der Waals surface area contributed by atoms with Crippen molar-refractivity contribution >= 4 is 24.0 Å². The molecule has 1 N–H and O–H groups in total. The van der Waals surface area contributed by atoms with E-state index in [0.717, 1.165) is 11.1 Å². The van der Waals surface area contributed by atoms with Crippen molar-refractivity contribution in [3.63, 3.8) is 0 Å². The number of aliphatic carboxylic acids is 1. The second kappa shape index (κ2) is 8.26. The summed E-state index contributed by atoms with van der Waals surface area (Å²) in [6.45, 7) is 3.63. The Labute approximate surface area is 139 Å². The first-order valence-corrected chi connectivity index (χ1v) is 7.49. The van der Waals surface area contributed by atoms with Crippen molar-refractivity contribution in [2.75, 3.05) is 19.7 Å². The summed E-state index contributed by atoms with van der Waals surface area (Å²) in [6, 6.07) is 7.39. The normalized spacial score (nSPS) is 16.7. The van der Waals surface area contributed by atoms with Crippen molar-refractivity contribution in [2.24, 2.45) is 0 Å². The first-order valence-electron chi connectivity index (χ1n) is 7.49. The summed E-state index contributed by atoms with van der Waals surface area (Å²) >= 11 is 0. The number of ether oxygens (including phenoxy) is 2. The van der Waals surface area contributed by atoms with Crippen LogP contribution in [-0.2, 0) is 30.4 Å². The molecule has 0 bridgehead atoms. The molecule has 1 unspecified atom stereocenters. The second-order valence-corrected chi connectivity index (χ2v) is 5.42. The molecule has 0 saturated carbocycles. The van der Waals surface area contributed by atoms with Crippen LogP contribution in [0.5, 0.6) is 0 Å². The zero-order valence-electron chi connectivity index (χ0n) is 13.1. The third-order valence-corrected chi connectivity index (χ3v) is 3.49. The Kier molecular flexibility index (Phi) is 6.08. The minimum absolute atomic E-state index is 0.223. The van der Waals surface area contributed by atoms with E-state index in [9.17, 15) is 14.4 Å². The molecule has 2 rings (SSSR count). The van der Waals surface area contributed by atoms with Crippen LogP contribution in [0.3, 0.4) is 0 Å². The summed E-state index contributed by atoms with van der Waals surface area (Å²) in [6.07, 6.45) is 1.14.